The molecule has 6 heteroatoms. The van der Waals surface area contributed by atoms with Crippen LogP contribution in [0.1, 0.15) is 46.4 Å². The summed E-state index contributed by atoms with van der Waals surface area (Å²) >= 11 is 0. The van der Waals surface area contributed by atoms with Gasteiger partial charge in [0.05, 0.1) is 5.56 Å². The molecule has 2 aliphatic rings. The van der Waals surface area contributed by atoms with Crippen molar-refractivity contribution in [3.8, 4) is 0 Å². The van der Waals surface area contributed by atoms with E-state index in [1.165, 1.54) is 12.6 Å². The molecule has 0 saturated carbocycles. The van der Waals surface area contributed by atoms with Crippen molar-refractivity contribution in [2.75, 3.05) is 26.3 Å². The molecule has 6 nitrogen and oxygen atoms in total. The molecule has 1 aromatic carbocycles. The lowest BCUT2D eigenvalue weighted by atomic mass is 9.81. The number of amides is 1. The summed E-state index contributed by atoms with van der Waals surface area (Å²) in [7, 11) is 0. The Morgan fingerprint density at radius 3 is 2.70 bits per heavy atom. The summed E-state index contributed by atoms with van der Waals surface area (Å²) < 4.78 is 5.47. The number of benzene rings is 1. The van der Waals surface area contributed by atoms with Crippen molar-refractivity contribution in [1.82, 2.24) is 9.88 Å². The van der Waals surface area contributed by atoms with E-state index < -0.39 is 5.97 Å². The zero-order valence-electron chi connectivity index (χ0n) is 15.3. The Bertz CT molecular complexity index is 860. The monoisotopic (exact) mass is 368 g/mol. The number of aromatic carboxylic acids is 1. The fourth-order valence-corrected chi connectivity index (χ4v) is 4.43. The number of carbonyl (C=O) groups is 2. The first kappa shape index (κ1) is 17.9. The molecule has 0 radical (unpaired) electrons. The number of fused-ring (bicyclic) bond motifs is 1. The molecule has 1 N–H and O–H groups in total. The predicted molar refractivity (Wildman–Crippen MR) is 101 cm³/mol. The van der Waals surface area contributed by atoms with Gasteiger partial charge in [-0.25, -0.2) is 4.79 Å². The summed E-state index contributed by atoms with van der Waals surface area (Å²) in [6, 6.07) is 5.21. The van der Waals surface area contributed by atoms with Crippen LogP contribution in [0.15, 0.2) is 30.6 Å². The number of carboxylic acid groups (broad SMARTS) is 1. The smallest absolute Gasteiger partial charge is 0.337 e. The number of hydrogen-bond acceptors (Lipinski definition) is 4. The van der Waals surface area contributed by atoms with Crippen LogP contribution < -0.4 is 0 Å². The minimum atomic E-state index is -1.01. The molecule has 2 fully saturated rings. The van der Waals surface area contributed by atoms with Crippen molar-refractivity contribution < 1.29 is 19.4 Å². The fourth-order valence-electron chi connectivity index (χ4n) is 4.43. The average molecular weight is 368 g/mol. The highest BCUT2D eigenvalue weighted by atomic mass is 16.5. The van der Waals surface area contributed by atoms with E-state index in [4.69, 9.17) is 4.74 Å². The van der Waals surface area contributed by atoms with Crippen LogP contribution in [-0.2, 0) is 4.74 Å². The Labute approximate surface area is 158 Å². The zero-order valence-corrected chi connectivity index (χ0v) is 15.3. The molecule has 2 saturated heterocycles. The molecule has 1 unspecified atom stereocenters. The van der Waals surface area contributed by atoms with E-state index in [0.717, 1.165) is 45.6 Å². The molecular formula is C21H24N2O4. The zero-order chi connectivity index (χ0) is 18.8. The molecular weight excluding hydrogens is 344 g/mol. The molecule has 2 aromatic rings. The molecule has 27 heavy (non-hydrogen) atoms. The largest absolute Gasteiger partial charge is 0.478 e. The maximum Gasteiger partial charge on any atom is 0.337 e. The van der Waals surface area contributed by atoms with Gasteiger partial charge in [0.1, 0.15) is 0 Å². The van der Waals surface area contributed by atoms with Gasteiger partial charge in [-0.3, -0.25) is 9.78 Å². The number of piperidine rings is 1. The molecule has 4 rings (SSSR count). The lowest BCUT2D eigenvalue weighted by molar-refractivity contribution is 0.0252. The van der Waals surface area contributed by atoms with Gasteiger partial charge < -0.3 is 14.7 Å². The SMILES string of the molecule is O=C(O)c1cncc2cc(C(=O)N3CCCC(C4CCOCC4)C3)ccc12. The minimum absolute atomic E-state index is 0.0226. The van der Waals surface area contributed by atoms with Crippen molar-refractivity contribution in [3.05, 3.63) is 41.7 Å². The Balaban J connectivity index is 1.54. The van der Waals surface area contributed by atoms with Crippen LogP contribution in [0.2, 0.25) is 0 Å². The maximum absolute atomic E-state index is 13.1. The molecule has 1 amide bonds. The quantitative estimate of drug-likeness (QED) is 0.900. The van der Waals surface area contributed by atoms with Crippen LogP contribution in [-0.4, -0.2) is 53.2 Å². The van der Waals surface area contributed by atoms with Gasteiger partial charge in [0, 0.05) is 49.6 Å². The van der Waals surface area contributed by atoms with Gasteiger partial charge in [0.2, 0.25) is 0 Å². The van der Waals surface area contributed by atoms with Crippen molar-refractivity contribution in [2.24, 2.45) is 11.8 Å². The van der Waals surface area contributed by atoms with Gasteiger partial charge in [-0.1, -0.05) is 6.07 Å². The van der Waals surface area contributed by atoms with E-state index in [1.54, 1.807) is 24.4 Å². The second-order valence-corrected chi connectivity index (χ2v) is 7.53. The van der Waals surface area contributed by atoms with E-state index in [2.05, 4.69) is 4.98 Å². The first-order valence-electron chi connectivity index (χ1n) is 9.61. The number of nitrogens with zero attached hydrogens (tertiary/aromatic N) is 2. The van der Waals surface area contributed by atoms with E-state index in [0.29, 0.717) is 28.2 Å². The van der Waals surface area contributed by atoms with Gasteiger partial charge in [-0.05, 0) is 55.0 Å². The Kier molecular flexibility index (Phi) is 5.07. The molecule has 0 bridgehead atoms. The highest BCUT2D eigenvalue weighted by Crippen LogP contribution is 2.31. The fraction of sp³-hybridized carbons (Fsp3) is 0.476. The van der Waals surface area contributed by atoms with Crippen LogP contribution in [0.4, 0.5) is 0 Å². The van der Waals surface area contributed by atoms with E-state index in [-0.39, 0.29) is 11.5 Å². The normalized spacial score (nSPS) is 21.3. The third kappa shape index (κ3) is 3.67. The third-order valence-electron chi connectivity index (χ3n) is 5.91. The topological polar surface area (TPSA) is 79.7 Å². The first-order valence-corrected chi connectivity index (χ1v) is 9.61. The van der Waals surface area contributed by atoms with Gasteiger partial charge in [-0.2, -0.15) is 0 Å². The Morgan fingerprint density at radius 2 is 1.93 bits per heavy atom. The van der Waals surface area contributed by atoms with Gasteiger partial charge in [0.25, 0.3) is 5.91 Å². The number of pyridine rings is 1. The van der Waals surface area contributed by atoms with Crippen LogP contribution >= 0.6 is 0 Å². The highest BCUT2D eigenvalue weighted by Gasteiger charge is 2.31. The first-order chi connectivity index (χ1) is 13.1. The number of likely N-dealkylation sites (tertiary alicyclic amines) is 1. The standard InChI is InChI=1S/C21H24N2O4/c24-20(23-7-1-2-16(13-23)14-5-8-27-9-6-14)15-3-4-18-17(10-15)11-22-12-19(18)21(25)26/h3-4,10-12,14,16H,1-2,5-9,13H2,(H,25,26). The summed E-state index contributed by atoms with van der Waals surface area (Å²) in [5.41, 5.74) is 0.753. The lowest BCUT2D eigenvalue weighted by Gasteiger charge is -2.38. The van der Waals surface area contributed by atoms with Crippen LogP contribution in [0.5, 0.6) is 0 Å². The van der Waals surface area contributed by atoms with E-state index in [9.17, 15) is 14.7 Å². The number of carboxylic acids is 1. The van der Waals surface area contributed by atoms with Gasteiger partial charge in [-0.15, -0.1) is 0 Å². The summed E-state index contributed by atoms with van der Waals surface area (Å²) in [5.74, 6) is 0.206. The van der Waals surface area contributed by atoms with Crippen molar-refractivity contribution in [1.29, 1.82) is 0 Å². The van der Waals surface area contributed by atoms with Crippen LogP contribution in [0, 0.1) is 11.8 Å². The van der Waals surface area contributed by atoms with E-state index >= 15 is 0 Å². The lowest BCUT2D eigenvalue weighted by Crippen LogP contribution is -2.43. The summed E-state index contributed by atoms with van der Waals surface area (Å²) in [5, 5.41) is 10.6. The Morgan fingerprint density at radius 1 is 1.11 bits per heavy atom. The predicted octanol–water partition coefficient (Wildman–Crippen LogP) is 3.21. The molecule has 1 atom stereocenters. The number of carbonyl (C=O) groups excluding carboxylic acids is 1. The molecule has 0 spiro atoms. The summed E-state index contributed by atoms with van der Waals surface area (Å²) in [4.78, 5) is 30.4. The summed E-state index contributed by atoms with van der Waals surface area (Å²) in [6.45, 7) is 3.25. The number of rotatable bonds is 3. The van der Waals surface area contributed by atoms with Gasteiger partial charge in [0.15, 0.2) is 0 Å². The minimum Gasteiger partial charge on any atom is -0.478 e. The molecule has 0 aliphatic carbocycles. The molecule has 142 valence electrons. The molecule has 3 heterocycles. The number of ether oxygens (including phenoxy) is 1. The molecule has 1 aromatic heterocycles. The van der Waals surface area contributed by atoms with E-state index in [1.807, 2.05) is 4.90 Å². The second-order valence-electron chi connectivity index (χ2n) is 7.53. The van der Waals surface area contributed by atoms with Crippen molar-refractivity contribution in [2.45, 2.75) is 25.7 Å². The van der Waals surface area contributed by atoms with Crippen LogP contribution in [0.25, 0.3) is 10.8 Å². The Hall–Kier alpha value is -2.47. The number of aromatic nitrogens is 1. The number of hydrogen-bond donors (Lipinski definition) is 1. The van der Waals surface area contributed by atoms with Crippen LogP contribution in [0.3, 0.4) is 0 Å². The third-order valence-corrected chi connectivity index (χ3v) is 5.91. The highest BCUT2D eigenvalue weighted by molar-refractivity contribution is 6.05. The average Bonchev–Trinajstić information content (AvgIpc) is 2.73. The van der Waals surface area contributed by atoms with Crippen molar-refractivity contribution in [3.63, 3.8) is 0 Å². The van der Waals surface area contributed by atoms with Crippen molar-refractivity contribution >= 4 is 22.6 Å². The summed E-state index contributed by atoms with van der Waals surface area (Å²) in [6.07, 6.45) is 7.34. The molecule has 2 aliphatic heterocycles. The van der Waals surface area contributed by atoms with Gasteiger partial charge >= 0.3 is 5.97 Å². The maximum atomic E-state index is 13.1. The second kappa shape index (κ2) is 7.64.